The highest BCUT2D eigenvalue weighted by Crippen LogP contribution is 2.27. The van der Waals surface area contributed by atoms with Crippen molar-refractivity contribution in [2.75, 3.05) is 65.6 Å². The average Bonchev–Trinajstić information content (AvgIpc) is 3.50. The largest absolute Gasteiger partial charge is 0.465 e. The van der Waals surface area contributed by atoms with Crippen molar-refractivity contribution in [2.24, 2.45) is 4.99 Å². The first-order chi connectivity index (χ1) is 14.2. The van der Waals surface area contributed by atoms with Crippen molar-refractivity contribution in [3.63, 3.8) is 0 Å². The first kappa shape index (κ1) is 20.7. The van der Waals surface area contributed by atoms with Crippen molar-refractivity contribution >= 4 is 5.96 Å². The van der Waals surface area contributed by atoms with E-state index in [9.17, 15) is 0 Å². The fourth-order valence-electron chi connectivity index (χ4n) is 4.84. The van der Waals surface area contributed by atoms with Gasteiger partial charge in [-0.2, -0.15) is 0 Å². The second-order valence-corrected chi connectivity index (χ2v) is 8.44. The summed E-state index contributed by atoms with van der Waals surface area (Å²) in [4.78, 5) is 12.7. The average molecular weight is 404 g/mol. The zero-order valence-electron chi connectivity index (χ0n) is 18.1. The van der Waals surface area contributed by atoms with Gasteiger partial charge in [0.05, 0.1) is 25.8 Å². The Morgan fingerprint density at radius 2 is 1.97 bits per heavy atom. The molecule has 3 saturated heterocycles. The van der Waals surface area contributed by atoms with E-state index in [0.29, 0.717) is 6.04 Å². The molecule has 7 nitrogen and oxygen atoms in total. The van der Waals surface area contributed by atoms with Gasteiger partial charge in [0.2, 0.25) is 0 Å². The van der Waals surface area contributed by atoms with Crippen molar-refractivity contribution < 1.29 is 9.15 Å². The van der Waals surface area contributed by atoms with Gasteiger partial charge >= 0.3 is 0 Å². The molecule has 1 aromatic rings. The maximum absolute atomic E-state index is 6.01. The molecule has 3 fully saturated rings. The van der Waals surface area contributed by atoms with E-state index in [1.165, 1.54) is 19.3 Å². The Morgan fingerprint density at radius 3 is 2.66 bits per heavy atom. The fourth-order valence-corrected chi connectivity index (χ4v) is 4.84. The van der Waals surface area contributed by atoms with E-state index in [-0.39, 0.29) is 6.04 Å². The number of nitrogens with one attached hydrogen (secondary N) is 1. The van der Waals surface area contributed by atoms with Gasteiger partial charge in [-0.25, -0.2) is 0 Å². The van der Waals surface area contributed by atoms with Crippen LogP contribution in [-0.4, -0.2) is 92.3 Å². The van der Waals surface area contributed by atoms with E-state index in [4.69, 9.17) is 14.1 Å². The number of aryl methyl sites for hydroxylation is 1. The molecule has 7 heteroatoms. The lowest BCUT2D eigenvalue weighted by Gasteiger charge is -2.32. The fraction of sp³-hybridized carbons (Fsp3) is 0.773. The summed E-state index contributed by atoms with van der Waals surface area (Å²) in [5, 5.41) is 3.53. The zero-order valence-corrected chi connectivity index (χ0v) is 18.1. The number of hydrogen-bond donors (Lipinski definition) is 1. The van der Waals surface area contributed by atoms with Crippen LogP contribution in [0.25, 0.3) is 0 Å². The molecule has 3 aliphatic rings. The number of aliphatic imine (C=N–C) groups is 1. The number of likely N-dealkylation sites (tertiary alicyclic amines) is 2. The van der Waals surface area contributed by atoms with Gasteiger partial charge in [-0.1, -0.05) is 0 Å². The van der Waals surface area contributed by atoms with Crippen LogP contribution in [0.1, 0.15) is 43.7 Å². The maximum atomic E-state index is 6.01. The summed E-state index contributed by atoms with van der Waals surface area (Å²) in [6.07, 6.45) is 3.75. The monoisotopic (exact) mass is 403 g/mol. The third-order valence-electron chi connectivity index (χ3n) is 6.44. The topological polar surface area (TPSA) is 56.5 Å². The number of morpholine rings is 1. The molecule has 0 aromatic carbocycles. The quantitative estimate of drug-likeness (QED) is 0.580. The lowest BCUT2D eigenvalue weighted by molar-refractivity contribution is 0.0195. The third kappa shape index (κ3) is 5.13. The molecule has 2 atom stereocenters. The van der Waals surface area contributed by atoms with Crippen LogP contribution in [-0.2, 0) is 4.74 Å². The van der Waals surface area contributed by atoms with Crippen molar-refractivity contribution in [3.8, 4) is 0 Å². The van der Waals surface area contributed by atoms with Gasteiger partial charge in [0.25, 0.3) is 0 Å². The Balaban J connectivity index is 1.43. The van der Waals surface area contributed by atoms with E-state index in [0.717, 1.165) is 83.1 Å². The normalized spacial score (nSPS) is 25.7. The van der Waals surface area contributed by atoms with Gasteiger partial charge in [-0.3, -0.25) is 14.8 Å². The lowest BCUT2D eigenvalue weighted by Crippen LogP contribution is -2.46. The molecular weight excluding hydrogens is 366 g/mol. The molecule has 0 bridgehead atoms. The standard InChI is InChI=1S/C22H37N5O2/c1-3-23-22(27-11-8-19(17-27)25-12-14-28-15-13-25)24-16-20(26-9-4-5-10-26)21-7-6-18(2)29-21/h6-7,19-20H,3-5,8-17H2,1-2H3,(H,23,24). The van der Waals surface area contributed by atoms with E-state index in [1.807, 2.05) is 6.92 Å². The Morgan fingerprint density at radius 1 is 1.17 bits per heavy atom. The zero-order chi connectivity index (χ0) is 20.1. The summed E-state index contributed by atoms with van der Waals surface area (Å²) < 4.78 is 11.5. The molecule has 1 N–H and O–H groups in total. The molecule has 0 saturated carbocycles. The number of hydrogen-bond acceptors (Lipinski definition) is 5. The number of furan rings is 1. The van der Waals surface area contributed by atoms with Crippen LogP contribution in [0, 0.1) is 6.92 Å². The van der Waals surface area contributed by atoms with E-state index in [1.54, 1.807) is 0 Å². The summed E-state index contributed by atoms with van der Waals surface area (Å²) in [6.45, 7) is 14.1. The number of guanidine groups is 1. The van der Waals surface area contributed by atoms with Crippen molar-refractivity contribution in [1.29, 1.82) is 0 Å². The minimum atomic E-state index is 0.234. The van der Waals surface area contributed by atoms with Gasteiger partial charge in [-0.15, -0.1) is 0 Å². The highest BCUT2D eigenvalue weighted by molar-refractivity contribution is 5.80. The molecule has 0 spiro atoms. The minimum Gasteiger partial charge on any atom is -0.465 e. The van der Waals surface area contributed by atoms with Crippen molar-refractivity contribution in [1.82, 2.24) is 20.0 Å². The molecule has 162 valence electrons. The van der Waals surface area contributed by atoms with Gasteiger partial charge in [0.1, 0.15) is 11.5 Å². The second-order valence-electron chi connectivity index (χ2n) is 8.44. The van der Waals surface area contributed by atoms with Gasteiger partial charge in [0.15, 0.2) is 5.96 Å². The third-order valence-corrected chi connectivity index (χ3v) is 6.44. The SMILES string of the molecule is CCNC(=NCC(c1ccc(C)o1)N1CCCC1)N1CCC(N2CCOCC2)C1. The van der Waals surface area contributed by atoms with Gasteiger partial charge in [0, 0.05) is 38.8 Å². The van der Waals surface area contributed by atoms with Gasteiger partial charge < -0.3 is 19.4 Å². The van der Waals surface area contributed by atoms with Gasteiger partial charge in [-0.05, 0) is 58.3 Å². The summed E-state index contributed by atoms with van der Waals surface area (Å²) in [5.74, 6) is 3.08. The summed E-state index contributed by atoms with van der Waals surface area (Å²) >= 11 is 0. The van der Waals surface area contributed by atoms with Crippen molar-refractivity contribution in [2.45, 2.75) is 45.2 Å². The smallest absolute Gasteiger partial charge is 0.194 e. The van der Waals surface area contributed by atoms with E-state index >= 15 is 0 Å². The molecule has 0 amide bonds. The van der Waals surface area contributed by atoms with E-state index in [2.05, 4.69) is 39.1 Å². The van der Waals surface area contributed by atoms with Crippen LogP contribution in [0.3, 0.4) is 0 Å². The number of nitrogens with zero attached hydrogens (tertiary/aromatic N) is 4. The Hall–Kier alpha value is -1.57. The predicted molar refractivity (Wildman–Crippen MR) is 115 cm³/mol. The van der Waals surface area contributed by atoms with Crippen LogP contribution in [0.2, 0.25) is 0 Å². The molecular formula is C22H37N5O2. The molecule has 1 aromatic heterocycles. The predicted octanol–water partition coefficient (Wildman–Crippen LogP) is 2.10. The molecule has 3 aliphatic heterocycles. The Bertz CT molecular complexity index is 664. The first-order valence-electron chi connectivity index (χ1n) is 11.4. The molecule has 2 unspecified atom stereocenters. The second kappa shape index (κ2) is 9.96. The van der Waals surface area contributed by atoms with Crippen molar-refractivity contribution in [3.05, 3.63) is 23.7 Å². The molecule has 0 aliphatic carbocycles. The van der Waals surface area contributed by atoms with Crippen LogP contribution in [0.15, 0.2) is 21.5 Å². The lowest BCUT2D eigenvalue weighted by atomic mass is 10.2. The van der Waals surface area contributed by atoms with Crippen LogP contribution in [0.5, 0.6) is 0 Å². The molecule has 4 rings (SSSR count). The molecule has 29 heavy (non-hydrogen) atoms. The highest BCUT2D eigenvalue weighted by Gasteiger charge is 2.31. The van der Waals surface area contributed by atoms with E-state index < -0.39 is 0 Å². The minimum absolute atomic E-state index is 0.234. The Labute approximate surface area is 175 Å². The summed E-state index contributed by atoms with van der Waals surface area (Å²) in [7, 11) is 0. The number of rotatable bonds is 6. The maximum Gasteiger partial charge on any atom is 0.194 e. The van der Waals surface area contributed by atoms with Crippen LogP contribution in [0.4, 0.5) is 0 Å². The summed E-state index contributed by atoms with van der Waals surface area (Å²) in [6, 6.07) is 5.05. The molecule has 4 heterocycles. The first-order valence-corrected chi connectivity index (χ1v) is 11.4. The Kier molecular flexibility index (Phi) is 7.11. The van der Waals surface area contributed by atoms with Crippen LogP contribution < -0.4 is 5.32 Å². The van der Waals surface area contributed by atoms with Crippen LogP contribution >= 0.6 is 0 Å². The number of ether oxygens (including phenoxy) is 1. The highest BCUT2D eigenvalue weighted by atomic mass is 16.5. The molecule has 0 radical (unpaired) electrons. The summed E-state index contributed by atoms with van der Waals surface area (Å²) in [5.41, 5.74) is 0.